The van der Waals surface area contributed by atoms with Crippen molar-refractivity contribution in [1.29, 1.82) is 0 Å². The lowest BCUT2D eigenvalue weighted by Crippen LogP contribution is -2.63. The van der Waals surface area contributed by atoms with Gasteiger partial charge < -0.3 is 14.5 Å². The number of carbonyl (C=O) groups excluding carboxylic acids is 2. The number of benzene rings is 3. The Kier molecular flexibility index (Phi) is 5.45. The average Bonchev–Trinajstić information content (AvgIpc) is 3.14. The number of rotatable bonds is 4. The zero-order valence-electron chi connectivity index (χ0n) is 22.4. The van der Waals surface area contributed by atoms with Gasteiger partial charge in [0.25, 0.3) is 0 Å². The summed E-state index contributed by atoms with van der Waals surface area (Å²) >= 11 is 0. The lowest BCUT2D eigenvalue weighted by Gasteiger charge is -2.51. The summed E-state index contributed by atoms with van der Waals surface area (Å²) in [6.45, 7) is 8.54. The van der Waals surface area contributed by atoms with Gasteiger partial charge in [0.2, 0.25) is 0 Å². The molecule has 2 aliphatic heterocycles. The van der Waals surface area contributed by atoms with E-state index in [2.05, 4.69) is 59.3 Å². The highest BCUT2D eigenvalue weighted by Crippen LogP contribution is 2.49. The van der Waals surface area contributed by atoms with Crippen LogP contribution in [0.15, 0.2) is 54.6 Å². The van der Waals surface area contributed by atoms with Crippen LogP contribution in [-0.2, 0) is 10.3 Å². The molecule has 0 radical (unpaired) electrons. The smallest absolute Gasteiger partial charge is 0.340 e. The second kappa shape index (κ2) is 8.07. The van der Waals surface area contributed by atoms with Gasteiger partial charge >= 0.3 is 5.97 Å². The molecule has 5 rings (SSSR count). The maximum absolute atomic E-state index is 13.4. The first-order chi connectivity index (χ1) is 16.9. The van der Waals surface area contributed by atoms with E-state index < -0.39 is 13.7 Å². The Hall–Kier alpha value is -3.38. The lowest BCUT2D eigenvalue weighted by atomic mass is 9.78. The largest absolute Gasteiger partial charge is 0.441 e. The van der Waals surface area contributed by atoms with Crippen molar-refractivity contribution >= 4 is 41.6 Å². The number of hydrogen-bond donors (Lipinski definition) is 0. The Balaban J connectivity index is 1.90. The Morgan fingerprint density at radius 3 is 1.81 bits per heavy atom. The Morgan fingerprint density at radius 2 is 1.33 bits per heavy atom. The van der Waals surface area contributed by atoms with Crippen LogP contribution in [-0.4, -0.2) is 48.0 Å². The summed E-state index contributed by atoms with van der Waals surface area (Å²) in [4.78, 5) is 30.6. The van der Waals surface area contributed by atoms with Crippen LogP contribution in [0.3, 0.4) is 0 Å². The first kappa shape index (κ1) is 24.3. The van der Waals surface area contributed by atoms with Crippen molar-refractivity contribution in [2.45, 2.75) is 32.5 Å². The fourth-order valence-electron chi connectivity index (χ4n) is 5.71. The molecule has 0 atom stereocenters. The summed E-state index contributed by atoms with van der Waals surface area (Å²) in [6, 6.07) is 18.4. The van der Waals surface area contributed by atoms with Gasteiger partial charge in [-0.3, -0.25) is 4.79 Å². The van der Waals surface area contributed by atoms with Crippen LogP contribution >= 0.6 is 0 Å². The predicted octanol–water partition coefficient (Wildman–Crippen LogP) is 4.26. The second-order valence-corrected chi connectivity index (χ2v) is 15.6. The number of anilines is 2. The summed E-state index contributed by atoms with van der Waals surface area (Å²) < 4.78 is 6.45. The highest BCUT2D eigenvalue weighted by atomic mass is 28.3. The minimum Gasteiger partial charge on any atom is -0.441 e. The van der Waals surface area contributed by atoms with Crippen molar-refractivity contribution in [2.24, 2.45) is 5.92 Å². The van der Waals surface area contributed by atoms with Crippen LogP contribution in [0.1, 0.15) is 51.3 Å². The van der Waals surface area contributed by atoms with Crippen molar-refractivity contribution in [3.63, 3.8) is 0 Å². The van der Waals surface area contributed by atoms with Gasteiger partial charge in [0, 0.05) is 56.6 Å². The highest BCUT2D eigenvalue weighted by Gasteiger charge is 2.52. The molecule has 0 aliphatic carbocycles. The zero-order valence-corrected chi connectivity index (χ0v) is 23.4. The summed E-state index contributed by atoms with van der Waals surface area (Å²) in [7, 11) is 5.99. The molecule has 187 valence electrons. The van der Waals surface area contributed by atoms with E-state index in [1.54, 1.807) is 12.1 Å². The van der Waals surface area contributed by atoms with Crippen molar-refractivity contribution in [1.82, 2.24) is 0 Å². The van der Waals surface area contributed by atoms with Crippen molar-refractivity contribution < 1.29 is 14.3 Å². The molecular weight excluding hydrogens is 464 g/mol. The first-order valence-electron chi connectivity index (χ1n) is 12.5. The maximum atomic E-state index is 13.4. The van der Waals surface area contributed by atoms with E-state index in [-0.39, 0.29) is 17.7 Å². The number of nitrogens with zero attached hydrogens (tertiary/aromatic N) is 2. The molecule has 0 amide bonds. The highest BCUT2D eigenvalue weighted by molar-refractivity contribution is 7.01. The molecule has 0 saturated heterocycles. The van der Waals surface area contributed by atoms with Gasteiger partial charge in [0.1, 0.15) is 0 Å². The monoisotopic (exact) mass is 498 g/mol. The maximum Gasteiger partial charge on any atom is 0.340 e. The number of hydrogen-bond acceptors (Lipinski definition) is 5. The zero-order chi connectivity index (χ0) is 26.2. The van der Waals surface area contributed by atoms with Gasteiger partial charge in [0.15, 0.2) is 11.4 Å². The van der Waals surface area contributed by atoms with Gasteiger partial charge in [-0.1, -0.05) is 52.3 Å². The third kappa shape index (κ3) is 3.27. The van der Waals surface area contributed by atoms with Crippen LogP contribution < -0.4 is 20.2 Å². The van der Waals surface area contributed by atoms with Crippen LogP contribution in [0.5, 0.6) is 0 Å². The predicted molar refractivity (Wildman–Crippen MR) is 149 cm³/mol. The minimum absolute atomic E-state index is 0.0594. The van der Waals surface area contributed by atoms with E-state index in [4.69, 9.17) is 4.74 Å². The molecule has 6 heteroatoms. The number of esters is 1. The summed E-state index contributed by atoms with van der Waals surface area (Å²) in [5, 5.41) is 2.50. The standard InChI is InChI=1S/C30H34N2O3Si/c1-18(2)28(33)19-9-12-22-25(15-19)30(35-29(22)34)23-13-10-20(31(3)4)16-26(23)36(7,8)27-17-21(32(5)6)11-14-24(27)30/h9-18H,1-8H3/q-1. The first-order valence-corrected chi connectivity index (χ1v) is 15.5. The van der Waals surface area contributed by atoms with E-state index in [1.165, 1.54) is 10.4 Å². The van der Waals surface area contributed by atoms with Gasteiger partial charge in [-0.15, -0.1) is 0 Å². The topological polar surface area (TPSA) is 49.9 Å². The van der Waals surface area contributed by atoms with Crippen LogP contribution in [0.2, 0.25) is 13.1 Å². The fraction of sp³-hybridized carbons (Fsp3) is 0.333. The number of fused-ring (bicyclic) bond motifs is 6. The van der Waals surface area contributed by atoms with E-state index >= 15 is 0 Å². The van der Waals surface area contributed by atoms with Gasteiger partial charge in [-0.05, 0) is 35.4 Å². The molecule has 2 heterocycles. The molecular formula is C30H34N2O3Si-. The third-order valence-corrected chi connectivity index (χ3v) is 11.3. The molecule has 0 fully saturated rings. The van der Waals surface area contributed by atoms with E-state index in [1.807, 2.05) is 48.1 Å². The minimum atomic E-state index is -2.19. The molecule has 3 aromatic carbocycles. The summed E-state index contributed by atoms with van der Waals surface area (Å²) in [6.07, 6.45) is 0. The van der Waals surface area contributed by atoms with Gasteiger partial charge in [-0.2, -0.15) is 23.5 Å². The van der Waals surface area contributed by atoms with Gasteiger partial charge in [0.05, 0.1) is 5.56 Å². The molecule has 1 spiro atoms. The molecule has 5 nitrogen and oxygen atoms in total. The molecule has 0 bridgehead atoms. The van der Waals surface area contributed by atoms with E-state index in [0.29, 0.717) is 11.1 Å². The van der Waals surface area contributed by atoms with E-state index in [0.717, 1.165) is 28.1 Å². The number of carbonyl (C=O) groups is 2. The normalized spacial score (nSPS) is 16.3. The average molecular weight is 499 g/mol. The molecule has 0 unspecified atom stereocenters. The van der Waals surface area contributed by atoms with Crippen molar-refractivity contribution in [3.05, 3.63) is 82.4 Å². The van der Waals surface area contributed by atoms with E-state index in [9.17, 15) is 9.59 Å². The van der Waals surface area contributed by atoms with Crippen molar-refractivity contribution in [3.8, 4) is 0 Å². The van der Waals surface area contributed by atoms with Crippen LogP contribution in [0.25, 0.3) is 0 Å². The molecule has 36 heavy (non-hydrogen) atoms. The fourth-order valence-corrected chi connectivity index (χ4v) is 8.88. The Bertz CT molecular complexity index is 1360. The lowest BCUT2D eigenvalue weighted by molar-refractivity contribution is 0.0255. The second-order valence-electron chi connectivity index (χ2n) is 11.2. The molecule has 0 N–H and O–H groups in total. The van der Waals surface area contributed by atoms with Crippen molar-refractivity contribution in [2.75, 3.05) is 38.0 Å². The SMILES string of the molecule is CC(C)C(=O)c1ccc2c(c1)C1(OC2=O)c2ccc(N(C)C)cc2[Si-](C)(C)c2cc(N(C)C)ccc21. The Labute approximate surface area is 214 Å². The number of Topliss-reactive ketones (excluding diaryl/α,β-unsaturated/α-hetero) is 1. The number of ether oxygens (including phenoxy) is 1. The number of ketones is 1. The van der Waals surface area contributed by atoms with Crippen LogP contribution in [0, 0.1) is 5.92 Å². The van der Waals surface area contributed by atoms with Gasteiger partial charge in [-0.25, -0.2) is 4.79 Å². The third-order valence-electron chi connectivity index (χ3n) is 7.82. The Morgan fingerprint density at radius 1 is 0.806 bits per heavy atom. The quantitative estimate of drug-likeness (QED) is 0.306. The molecule has 3 aromatic rings. The summed E-state index contributed by atoms with van der Waals surface area (Å²) in [5.74, 6) is -0.427. The summed E-state index contributed by atoms with van der Waals surface area (Å²) in [5.41, 5.74) is 5.08. The molecule has 2 aliphatic rings. The van der Waals surface area contributed by atoms with Crippen LogP contribution in [0.4, 0.5) is 11.4 Å². The molecule has 0 aromatic heterocycles. The molecule has 0 saturated carbocycles.